The van der Waals surface area contributed by atoms with Crippen LogP contribution in [0.3, 0.4) is 0 Å². The van der Waals surface area contributed by atoms with Gasteiger partial charge in [-0.15, -0.1) is 0 Å². The molecule has 19 heavy (non-hydrogen) atoms. The Bertz CT molecular complexity index is 551. The predicted octanol–water partition coefficient (Wildman–Crippen LogP) is 1.81. The summed E-state index contributed by atoms with van der Waals surface area (Å²) in [4.78, 5) is 6.11. The van der Waals surface area contributed by atoms with Crippen molar-refractivity contribution in [2.45, 2.75) is 6.54 Å². The number of nitrogens with zero attached hydrogens (tertiary/aromatic N) is 3. The highest BCUT2D eigenvalue weighted by atomic mass is 16.4. The van der Waals surface area contributed by atoms with Crippen LogP contribution >= 0.6 is 0 Å². The van der Waals surface area contributed by atoms with Crippen molar-refractivity contribution in [2.75, 3.05) is 11.9 Å². The number of benzene rings is 1. The Morgan fingerprint density at radius 3 is 2.42 bits per heavy atom. The summed E-state index contributed by atoms with van der Waals surface area (Å²) in [5.74, 6) is 0.114. The minimum Gasteiger partial charge on any atom is -0.409 e. The second-order valence-electron chi connectivity index (χ2n) is 4.24. The first-order valence-electron chi connectivity index (χ1n) is 5.88. The van der Waals surface area contributed by atoms with E-state index in [-0.39, 0.29) is 5.84 Å². The number of hydrogen-bond acceptors (Lipinski definition) is 4. The van der Waals surface area contributed by atoms with Gasteiger partial charge in [-0.1, -0.05) is 5.16 Å². The number of hydrogen-bond donors (Lipinski definition) is 2. The second-order valence-corrected chi connectivity index (χ2v) is 4.24. The molecule has 2 rings (SSSR count). The van der Waals surface area contributed by atoms with E-state index in [2.05, 4.69) is 15.0 Å². The molecule has 98 valence electrons. The largest absolute Gasteiger partial charge is 0.409 e. The summed E-state index contributed by atoms with van der Waals surface area (Å²) in [6.45, 7) is 0.797. The molecule has 0 aliphatic heterocycles. The fraction of sp³-hybridized carbons (Fsp3) is 0.143. The number of pyridine rings is 1. The number of rotatable bonds is 4. The van der Waals surface area contributed by atoms with Crippen molar-refractivity contribution in [3.8, 4) is 0 Å². The number of oxime groups is 1. The molecule has 5 nitrogen and oxygen atoms in total. The van der Waals surface area contributed by atoms with Crippen LogP contribution in [0.15, 0.2) is 53.9 Å². The van der Waals surface area contributed by atoms with E-state index in [1.54, 1.807) is 12.4 Å². The zero-order valence-corrected chi connectivity index (χ0v) is 10.7. The molecule has 0 fully saturated rings. The number of amidine groups is 1. The first-order valence-corrected chi connectivity index (χ1v) is 5.88. The molecule has 0 aliphatic rings. The lowest BCUT2D eigenvalue weighted by atomic mass is 10.1. The van der Waals surface area contributed by atoms with Crippen molar-refractivity contribution >= 4 is 11.5 Å². The van der Waals surface area contributed by atoms with Crippen molar-refractivity contribution < 1.29 is 5.21 Å². The SMILES string of the molecule is CN(Cc1ccncc1)c1ccc(/C(N)=N/O)cc1. The van der Waals surface area contributed by atoms with Gasteiger partial charge in [-0.3, -0.25) is 4.98 Å². The van der Waals surface area contributed by atoms with E-state index < -0.39 is 0 Å². The van der Waals surface area contributed by atoms with E-state index in [0.717, 1.165) is 12.2 Å². The lowest BCUT2D eigenvalue weighted by Gasteiger charge is -2.19. The van der Waals surface area contributed by atoms with Crippen molar-refractivity contribution in [1.82, 2.24) is 4.98 Å². The zero-order chi connectivity index (χ0) is 13.7. The third-order valence-electron chi connectivity index (χ3n) is 2.88. The molecular weight excluding hydrogens is 240 g/mol. The van der Waals surface area contributed by atoms with Gasteiger partial charge in [0.15, 0.2) is 5.84 Å². The highest BCUT2D eigenvalue weighted by Crippen LogP contribution is 2.16. The Hall–Kier alpha value is -2.56. The highest BCUT2D eigenvalue weighted by molar-refractivity contribution is 5.97. The van der Waals surface area contributed by atoms with Gasteiger partial charge in [-0.25, -0.2) is 0 Å². The van der Waals surface area contributed by atoms with Gasteiger partial charge in [0.2, 0.25) is 0 Å². The molecule has 1 heterocycles. The predicted molar refractivity (Wildman–Crippen MR) is 75.3 cm³/mol. The van der Waals surface area contributed by atoms with E-state index >= 15 is 0 Å². The summed E-state index contributed by atoms with van der Waals surface area (Å²) in [7, 11) is 2.01. The topological polar surface area (TPSA) is 74.7 Å². The molecule has 2 aromatic rings. The van der Waals surface area contributed by atoms with Crippen LogP contribution in [0.1, 0.15) is 11.1 Å². The van der Waals surface area contributed by atoms with Gasteiger partial charge < -0.3 is 15.8 Å². The van der Waals surface area contributed by atoms with Gasteiger partial charge in [0, 0.05) is 37.2 Å². The Balaban J connectivity index is 2.10. The maximum Gasteiger partial charge on any atom is 0.170 e. The van der Waals surface area contributed by atoms with Crippen LogP contribution in [-0.2, 0) is 6.54 Å². The molecule has 0 saturated heterocycles. The first kappa shape index (κ1) is 12.9. The van der Waals surface area contributed by atoms with Crippen LogP contribution in [0.2, 0.25) is 0 Å². The molecule has 0 unspecified atom stereocenters. The van der Waals surface area contributed by atoms with Gasteiger partial charge in [0.1, 0.15) is 0 Å². The van der Waals surface area contributed by atoms with Crippen LogP contribution in [-0.4, -0.2) is 23.1 Å². The molecule has 0 aliphatic carbocycles. The first-order chi connectivity index (χ1) is 9.20. The highest BCUT2D eigenvalue weighted by Gasteiger charge is 2.04. The van der Waals surface area contributed by atoms with Crippen molar-refractivity contribution in [3.63, 3.8) is 0 Å². The normalized spacial score (nSPS) is 11.3. The number of aromatic nitrogens is 1. The molecular formula is C14H16N4O. The smallest absolute Gasteiger partial charge is 0.170 e. The van der Waals surface area contributed by atoms with Crippen molar-refractivity contribution in [2.24, 2.45) is 10.9 Å². The monoisotopic (exact) mass is 256 g/mol. The average molecular weight is 256 g/mol. The molecule has 1 aromatic heterocycles. The average Bonchev–Trinajstić information content (AvgIpc) is 2.47. The summed E-state index contributed by atoms with van der Waals surface area (Å²) in [6, 6.07) is 11.5. The van der Waals surface area contributed by atoms with E-state index in [1.807, 2.05) is 43.4 Å². The molecule has 5 heteroatoms. The summed E-state index contributed by atoms with van der Waals surface area (Å²) in [5, 5.41) is 11.6. The van der Waals surface area contributed by atoms with E-state index in [4.69, 9.17) is 10.9 Å². The molecule has 0 bridgehead atoms. The maximum absolute atomic E-state index is 8.61. The summed E-state index contributed by atoms with van der Waals surface area (Å²) in [6.07, 6.45) is 3.56. The molecule has 3 N–H and O–H groups in total. The summed E-state index contributed by atoms with van der Waals surface area (Å²) >= 11 is 0. The third-order valence-corrected chi connectivity index (χ3v) is 2.88. The van der Waals surface area contributed by atoms with E-state index in [9.17, 15) is 0 Å². The summed E-state index contributed by atoms with van der Waals surface area (Å²) in [5.41, 5.74) is 8.48. The van der Waals surface area contributed by atoms with Gasteiger partial charge in [0.05, 0.1) is 0 Å². The Kier molecular flexibility index (Phi) is 3.97. The maximum atomic E-state index is 8.61. The van der Waals surface area contributed by atoms with Gasteiger partial charge >= 0.3 is 0 Å². The van der Waals surface area contributed by atoms with Crippen LogP contribution in [0, 0.1) is 0 Å². The van der Waals surface area contributed by atoms with Gasteiger partial charge in [-0.2, -0.15) is 0 Å². The fourth-order valence-corrected chi connectivity index (χ4v) is 1.80. The minimum atomic E-state index is 0.114. The third kappa shape index (κ3) is 3.22. The standard InChI is InChI=1S/C14H16N4O/c1-18(10-11-6-8-16-9-7-11)13-4-2-12(3-5-13)14(15)17-19/h2-9,19H,10H2,1H3,(H2,15,17). The van der Waals surface area contributed by atoms with Crippen LogP contribution in [0.25, 0.3) is 0 Å². The Morgan fingerprint density at radius 2 is 1.84 bits per heavy atom. The van der Waals surface area contributed by atoms with Gasteiger partial charge in [0.25, 0.3) is 0 Å². The molecule has 0 saturated carbocycles. The van der Waals surface area contributed by atoms with Crippen LogP contribution in [0.4, 0.5) is 5.69 Å². The Labute approximate surface area is 112 Å². The number of nitrogens with two attached hydrogens (primary N) is 1. The quantitative estimate of drug-likeness (QED) is 0.378. The zero-order valence-electron chi connectivity index (χ0n) is 10.7. The van der Waals surface area contributed by atoms with Crippen LogP contribution < -0.4 is 10.6 Å². The van der Waals surface area contributed by atoms with Crippen molar-refractivity contribution in [1.29, 1.82) is 0 Å². The van der Waals surface area contributed by atoms with Crippen molar-refractivity contribution in [3.05, 3.63) is 59.9 Å². The molecule has 0 radical (unpaired) electrons. The van der Waals surface area contributed by atoms with E-state index in [1.165, 1.54) is 5.56 Å². The lowest BCUT2D eigenvalue weighted by molar-refractivity contribution is 0.318. The second kappa shape index (κ2) is 5.86. The Morgan fingerprint density at radius 1 is 1.21 bits per heavy atom. The molecule has 0 amide bonds. The molecule has 0 atom stereocenters. The molecule has 1 aromatic carbocycles. The van der Waals surface area contributed by atoms with Gasteiger partial charge in [-0.05, 0) is 42.0 Å². The molecule has 0 spiro atoms. The fourth-order valence-electron chi connectivity index (χ4n) is 1.80. The van der Waals surface area contributed by atoms with E-state index in [0.29, 0.717) is 5.56 Å². The lowest BCUT2D eigenvalue weighted by Crippen LogP contribution is -2.17. The van der Waals surface area contributed by atoms with Crippen LogP contribution in [0.5, 0.6) is 0 Å². The summed E-state index contributed by atoms with van der Waals surface area (Å²) < 4.78 is 0. The number of anilines is 1. The minimum absolute atomic E-state index is 0.114.